The highest BCUT2D eigenvalue weighted by Gasteiger charge is 2.14. The zero-order chi connectivity index (χ0) is 22.7. The summed E-state index contributed by atoms with van der Waals surface area (Å²) in [5, 5.41) is 0.492. The van der Waals surface area contributed by atoms with Gasteiger partial charge in [-0.1, -0.05) is 29.8 Å². The van der Waals surface area contributed by atoms with Crippen LogP contribution in [-0.4, -0.2) is 20.5 Å². The molecule has 0 aliphatic heterocycles. The minimum absolute atomic E-state index is 0.0567. The van der Waals surface area contributed by atoms with Gasteiger partial charge in [0, 0.05) is 6.92 Å². The summed E-state index contributed by atoms with van der Waals surface area (Å²) >= 11 is 6.34. The predicted octanol–water partition coefficient (Wildman–Crippen LogP) is 4.81. The van der Waals surface area contributed by atoms with Gasteiger partial charge in [0.1, 0.15) is 18.2 Å². The Hall–Kier alpha value is -3.84. The smallest absolute Gasteiger partial charge is 0.303 e. The molecule has 0 atom stereocenters. The molecule has 0 amide bonds. The van der Waals surface area contributed by atoms with E-state index in [0.717, 1.165) is 6.07 Å². The van der Waals surface area contributed by atoms with E-state index in [1.54, 1.807) is 54.6 Å². The molecule has 32 heavy (non-hydrogen) atoms. The van der Waals surface area contributed by atoms with Crippen LogP contribution < -0.4 is 5.56 Å². The molecule has 0 bridgehead atoms. The lowest BCUT2D eigenvalue weighted by atomic mass is 10.2. The number of benzene rings is 2. The van der Waals surface area contributed by atoms with E-state index < -0.39 is 17.3 Å². The molecule has 0 aliphatic carbocycles. The van der Waals surface area contributed by atoms with Crippen LogP contribution in [-0.2, 0) is 16.1 Å². The number of pyridine rings is 1. The maximum Gasteiger partial charge on any atom is 0.303 e. The second kappa shape index (κ2) is 9.11. The van der Waals surface area contributed by atoms with Gasteiger partial charge >= 0.3 is 5.97 Å². The Bertz CT molecular complexity index is 1420. The molecular weight excluding hydrogens is 433 g/mol. The third-order valence-corrected chi connectivity index (χ3v) is 4.92. The van der Waals surface area contributed by atoms with Gasteiger partial charge in [-0.15, -0.1) is 0 Å². The first-order valence-corrected chi connectivity index (χ1v) is 10.0. The van der Waals surface area contributed by atoms with Gasteiger partial charge in [-0.3, -0.25) is 14.2 Å². The number of carbonyl (C=O) groups is 1. The maximum absolute atomic E-state index is 13.8. The van der Waals surface area contributed by atoms with Crippen LogP contribution >= 0.6 is 11.6 Å². The quantitative estimate of drug-likeness (QED) is 0.409. The van der Waals surface area contributed by atoms with Gasteiger partial charge in [0.25, 0.3) is 5.56 Å². The second-order valence-electron chi connectivity index (χ2n) is 6.89. The molecule has 0 fully saturated rings. The highest BCUT2D eigenvalue weighted by atomic mass is 35.5. The summed E-state index contributed by atoms with van der Waals surface area (Å²) in [6.07, 6.45) is 3.31. The Kier molecular flexibility index (Phi) is 6.09. The van der Waals surface area contributed by atoms with E-state index in [4.69, 9.17) is 16.3 Å². The monoisotopic (exact) mass is 449 g/mol. The highest BCUT2D eigenvalue weighted by molar-refractivity contribution is 6.32. The molecule has 0 aliphatic rings. The average Bonchev–Trinajstić information content (AvgIpc) is 2.78. The number of esters is 1. The number of rotatable bonds is 5. The number of hydrogen-bond acceptors (Lipinski definition) is 5. The molecular formula is C24H17ClFN3O3. The predicted molar refractivity (Wildman–Crippen MR) is 121 cm³/mol. The molecule has 4 rings (SSSR count). The summed E-state index contributed by atoms with van der Waals surface area (Å²) in [4.78, 5) is 33.3. The Morgan fingerprint density at radius 1 is 1.09 bits per heavy atom. The van der Waals surface area contributed by atoms with Crippen LogP contribution in [0.2, 0.25) is 5.02 Å². The summed E-state index contributed by atoms with van der Waals surface area (Å²) in [5.74, 6) is -0.623. The van der Waals surface area contributed by atoms with Crippen molar-refractivity contribution in [2.75, 3.05) is 0 Å². The first-order valence-electron chi connectivity index (χ1n) is 9.67. The molecule has 2 aromatic carbocycles. The fraction of sp³-hybridized carbons (Fsp3) is 0.0833. The summed E-state index contributed by atoms with van der Waals surface area (Å²) in [6.45, 7) is 1.39. The van der Waals surface area contributed by atoms with Gasteiger partial charge in [-0.2, -0.15) is 0 Å². The summed E-state index contributed by atoms with van der Waals surface area (Å²) in [6, 6.07) is 16.0. The third kappa shape index (κ3) is 4.58. The number of para-hydroxylation sites is 1. The minimum atomic E-state index is -0.529. The van der Waals surface area contributed by atoms with E-state index in [2.05, 4.69) is 9.97 Å². The standard InChI is InChI=1S/C24H17ClFN3O3/c1-15(30)32-14-18-6-4-5-17(27-18)10-12-23-28-21-11-9-16(26)13-19(21)24(31)29(23)22-8-3-2-7-20(22)25/h2-13H,14H2,1H3/b12-10+. The highest BCUT2D eigenvalue weighted by Crippen LogP contribution is 2.22. The van der Waals surface area contributed by atoms with E-state index >= 15 is 0 Å². The molecule has 0 saturated carbocycles. The Morgan fingerprint density at radius 2 is 1.91 bits per heavy atom. The fourth-order valence-corrected chi connectivity index (χ4v) is 3.38. The fourth-order valence-electron chi connectivity index (χ4n) is 3.16. The SMILES string of the molecule is CC(=O)OCc1cccc(/C=C/c2nc3ccc(F)cc3c(=O)n2-c2ccccc2Cl)n1. The van der Waals surface area contributed by atoms with Gasteiger partial charge in [0.2, 0.25) is 0 Å². The molecule has 0 spiro atoms. The van der Waals surface area contributed by atoms with Crippen molar-refractivity contribution in [1.29, 1.82) is 0 Å². The van der Waals surface area contributed by atoms with Crippen molar-refractivity contribution in [3.8, 4) is 5.69 Å². The average molecular weight is 450 g/mol. The lowest BCUT2D eigenvalue weighted by Crippen LogP contribution is -2.22. The number of ether oxygens (including phenoxy) is 1. The lowest BCUT2D eigenvalue weighted by molar-refractivity contribution is -0.142. The van der Waals surface area contributed by atoms with Gasteiger partial charge in [-0.05, 0) is 54.6 Å². The minimum Gasteiger partial charge on any atom is -0.459 e. The molecule has 6 nitrogen and oxygen atoms in total. The number of aromatic nitrogens is 3. The number of nitrogens with zero attached hydrogens (tertiary/aromatic N) is 3. The number of carbonyl (C=O) groups excluding carboxylic acids is 1. The molecule has 0 unspecified atom stereocenters. The molecule has 0 saturated heterocycles. The van der Waals surface area contributed by atoms with Gasteiger partial charge in [-0.25, -0.2) is 14.4 Å². The Labute approximate surface area is 187 Å². The van der Waals surface area contributed by atoms with Crippen molar-refractivity contribution in [3.63, 3.8) is 0 Å². The van der Waals surface area contributed by atoms with E-state index in [0.29, 0.717) is 33.4 Å². The molecule has 4 aromatic rings. The van der Waals surface area contributed by atoms with Crippen LogP contribution in [0.1, 0.15) is 24.1 Å². The van der Waals surface area contributed by atoms with Crippen LogP contribution in [0.25, 0.3) is 28.7 Å². The molecule has 0 N–H and O–H groups in total. The van der Waals surface area contributed by atoms with Crippen LogP contribution in [0.4, 0.5) is 4.39 Å². The van der Waals surface area contributed by atoms with Gasteiger partial charge in [0.15, 0.2) is 0 Å². The van der Waals surface area contributed by atoms with Gasteiger partial charge in [0.05, 0.1) is 33.0 Å². The van der Waals surface area contributed by atoms with E-state index in [9.17, 15) is 14.0 Å². The molecule has 2 aromatic heterocycles. The normalized spacial score (nSPS) is 11.2. The van der Waals surface area contributed by atoms with Crippen LogP contribution in [0.15, 0.2) is 65.5 Å². The number of halogens is 2. The van der Waals surface area contributed by atoms with E-state index in [1.165, 1.54) is 23.6 Å². The molecule has 160 valence electrons. The van der Waals surface area contributed by atoms with E-state index in [-0.39, 0.29) is 12.0 Å². The lowest BCUT2D eigenvalue weighted by Gasteiger charge is -2.13. The van der Waals surface area contributed by atoms with Crippen molar-refractivity contribution in [2.24, 2.45) is 0 Å². The molecule has 2 heterocycles. The maximum atomic E-state index is 13.8. The third-order valence-electron chi connectivity index (χ3n) is 4.60. The summed E-state index contributed by atoms with van der Waals surface area (Å²) in [7, 11) is 0. The zero-order valence-corrected chi connectivity index (χ0v) is 17.7. The molecule has 8 heteroatoms. The van der Waals surface area contributed by atoms with Crippen molar-refractivity contribution in [1.82, 2.24) is 14.5 Å². The topological polar surface area (TPSA) is 74.1 Å². The van der Waals surface area contributed by atoms with Crippen molar-refractivity contribution in [3.05, 3.63) is 99.1 Å². The number of hydrogen-bond donors (Lipinski definition) is 0. The van der Waals surface area contributed by atoms with E-state index in [1.807, 2.05) is 0 Å². The van der Waals surface area contributed by atoms with Crippen molar-refractivity contribution < 1.29 is 13.9 Å². The first kappa shape index (κ1) is 21.4. The van der Waals surface area contributed by atoms with Gasteiger partial charge < -0.3 is 4.74 Å². The van der Waals surface area contributed by atoms with Crippen LogP contribution in [0.3, 0.4) is 0 Å². The summed E-state index contributed by atoms with van der Waals surface area (Å²) < 4.78 is 20.1. The van der Waals surface area contributed by atoms with Crippen LogP contribution in [0, 0.1) is 5.82 Å². The second-order valence-corrected chi connectivity index (χ2v) is 7.30. The first-order chi connectivity index (χ1) is 15.4. The van der Waals surface area contributed by atoms with Crippen molar-refractivity contribution in [2.45, 2.75) is 13.5 Å². The van der Waals surface area contributed by atoms with Crippen LogP contribution in [0.5, 0.6) is 0 Å². The Balaban J connectivity index is 1.83. The zero-order valence-electron chi connectivity index (χ0n) is 17.0. The number of fused-ring (bicyclic) bond motifs is 1. The largest absolute Gasteiger partial charge is 0.459 e. The van der Waals surface area contributed by atoms with Crippen molar-refractivity contribution >= 4 is 40.6 Å². The molecule has 0 radical (unpaired) electrons. The summed E-state index contributed by atoms with van der Waals surface area (Å²) in [5.41, 5.74) is 1.49. The Morgan fingerprint density at radius 3 is 2.69 bits per heavy atom.